The zero-order valence-corrected chi connectivity index (χ0v) is 16.3. The second-order valence-corrected chi connectivity index (χ2v) is 6.03. The number of carbonyl (C=O) groups is 1. The molecule has 0 bridgehead atoms. The minimum atomic E-state index is -0.395. The molecular formula is C22H20ClN2O3+. The molecule has 142 valence electrons. The van der Waals surface area contributed by atoms with E-state index < -0.39 is 5.97 Å². The summed E-state index contributed by atoms with van der Waals surface area (Å²) >= 11 is 4.64. The summed E-state index contributed by atoms with van der Waals surface area (Å²) in [6.07, 6.45) is 1.47. The molecule has 0 radical (unpaired) electrons. The molecule has 0 unspecified atom stereocenters. The van der Waals surface area contributed by atoms with Crippen LogP contribution in [0.5, 0.6) is 0 Å². The normalized spacial score (nSPS) is 10.4. The first-order valence-electron chi connectivity index (χ1n) is 8.48. The number of fused-ring (bicyclic) bond motifs is 2. The van der Waals surface area contributed by atoms with Gasteiger partial charge in [0.05, 0.1) is 18.7 Å². The summed E-state index contributed by atoms with van der Waals surface area (Å²) in [5.41, 5.74) is 10.1. The van der Waals surface area contributed by atoms with E-state index in [2.05, 4.69) is 11.6 Å². The van der Waals surface area contributed by atoms with Crippen molar-refractivity contribution in [3.63, 3.8) is 0 Å². The fourth-order valence-corrected chi connectivity index (χ4v) is 3.20. The van der Waals surface area contributed by atoms with Gasteiger partial charge in [0.25, 0.3) is 0 Å². The van der Waals surface area contributed by atoms with Crippen molar-refractivity contribution in [1.29, 1.82) is 0 Å². The number of nitrogens with two attached hydrogens (primary N) is 2. The molecular weight excluding hydrogens is 376 g/mol. The third-order valence-electron chi connectivity index (χ3n) is 4.37. The molecule has 0 amide bonds. The number of hydrogen-bond acceptors (Lipinski definition) is 4. The zero-order valence-electron chi connectivity index (χ0n) is 15.5. The highest BCUT2D eigenvalue weighted by atomic mass is 35.5. The Labute approximate surface area is 167 Å². The number of ether oxygens (including phenoxy) is 1. The van der Waals surface area contributed by atoms with Gasteiger partial charge in [-0.05, 0) is 29.8 Å². The number of hydrogen-bond donors (Lipinski definition) is 2. The lowest BCUT2D eigenvalue weighted by Crippen LogP contribution is -2.44. The highest BCUT2D eigenvalue weighted by Gasteiger charge is 2.21. The third-order valence-corrected chi connectivity index (χ3v) is 4.37. The molecule has 4 rings (SSSR count). The van der Waals surface area contributed by atoms with Gasteiger partial charge in [0, 0.05) is 40.7 Å². The molecule has 2 aromatic carbocycles. The number of carbonyl (C=O) groups excluding carboxylic acids is 1. The van der Waals surface area contributed by atoms with Gasteiger partial charge >= 0.3 is 5.97 Å². The van der Waals surface area contributed by atoms with Crippen LogP contribution in [-0.2, 0) is 4.74 Å². The fourth-order valence-electron chi connectivity index (χ4n) is 3.20. The molecule has 0 fully saturated rings. The van der Waals surface area contributed by atoms with Gasteiger partial charge in [-0.25, -0.2) is 4.79 Å². The van der Waals surface area contributed by atoms with Crippen LogP contribution in [0.3, 0.4) is 0 Å². The molecule has 1 aliphatic heterocycles. The molecule has 0 saturated heterocycles. The number of halogens is 1. The standard InChI is InChI=1S/C21H16N2O3.CH3Cl/c1-25-21(24)15-5-3-2-4-14(15)20-16-8-6-12(22)10-18(16)26-19-11-13(23)7-9-17(19)20;1-2/h2-11,22H,23H2,1H3;1H3/p+1. The topological polar surface area (TPSA) is 91.0 Å². The van der Waals surface area contributed by atoms with Crippen LogP contribution in [0.2, 0.25) is 0 Å². The Hall–Kier alpha value is -3.31. The molecule has 5 nitrogen and oxygen atoms in total. The second-order valence-electron chi connectivity index (χ2n) is 6.03. The van der Waals surface area contributed by atoms with Gasteiger partial charge in [-0.3, -0.25) is 5.41 Å². The van der Waals surface area contributed by atoms with Crippen molar-refractivity contribution in [2.45, 2.75) is 0 Å². The number of anilines is 1. The van der Waals surface area contributed by atoms with Crippen LogP contribution in [0.15, 0.2) is 65.1 Å². The van der Waals surface area contributed by atoms with Crippen LogP contribution < -0.4 is 16.5 Å². The molecule has 6 heteroatoms. The smallest absolute Gasteiger partial charge is 0.338 e. The maximum atomic E-state index is 12.3. The molecule has 1 aliphatic carbocycles. The highest BCUT2D eigenvalue weighted by molar-refractivity contribution is 6.15. The number of rotatable bonds is 2. The van der Waals surface area contributed by atoms with Gasteiger partial charge in [-0.1, -0.05) is 18.2 Å². The molecule has 0 saturated carbocycles. The van der Waals surface area contributed by atoms with Gasteiger partial charge in [0.2, 0.25) is 0 Å². The van der Waals surface area contributed by atoms with Crippen molar-refractivity contribution in [3.05, 3.63) is 71.6 Å². The van der Waals surface area contributed by atoms with Crippen molar-refractivity contribution in [2.75, 3.05) is 19.2 Å². The lowest BCUT2D eigenvalue weighted by Gasteiger charge is -2.17. The van der Waals surface area contributed by atoms with Crippen LogP contribution in [0.4, 0.5) is 5.69 Å². The van der Waals surface area contributed by atoms with Gasteiger partial charge in [-0.15, -0.1) is 11.6 Å². The predicted molar refractivity (Wildman–Crippen MR) is 111 cm³/mol. The molecule has 28 heavy (non-hydrogen) atoms. The Morgan fingerprint density at radius 1 is 1.04 bits per heavy atom. The average molecular weight is 396 g/mol. The van der Waals surface area contributed by atoms with Crippen molar-refractivity contribution >= 4 is 34.2 Å². The van der Waals surface area contributed by atoms with E-state index in [0.29, 0.717) is 28.0 Å². The quantitative estimate of drug-likeness (QED) is 0.236. The summed E-state index contributed by atoms with van der Waals surface area (Å²) in [6.45, 7) is 0. The molecule has 2 aliphatic rings. The van der Waals surface area contributed by atoms with Crippen LogP contribution in [0.25, 0.3) is 33.4 Å². The van der Waals surface area contributed by atoms with E-state index in [1.165, 1.54) is 13.5 Å². The summed E-state index contributed by atoms with van der Waals surface area (Å²) in [5.74, 6) is 0.228. The monoisotopic (exact) mass is 395 g/mol. The predicted octanol–water partition coefficient (Wildman–Crippen LogP) is 3.09. The maximum Gasteiger partial charge on any atom is 0.338 e. The second kappa shape index (κ2) is 8.15. The number of alkyl halides is 1. The Kier molecular flexibility index (Phi) is 5.66. The molecule has 0 atom stereocenters. The van der Waals surface area contributed by atoms with Crippen molar-refractivity contribution in [1.82, 2.24) is 0 Å². The first-order valence-corrected chi connectivity index (χ1v) is 9.24. The Morgan fingerprint density at radius 2 is 1.79 bits per heavy atom. The van der Waals surface area contributed by atoms with Gasteiger partial charge in [0.15, 0.2) is 5.36 Å². The van der Waals surface area contributed by atoms with Gasteiger partial charge in [0.1, 0.15) is 11.3 Å². The Balaban J connectivity index is 0.00000109. The first-order chi connectivity index (χ1) is 13.6. The lowest BCUT2D eigenvalue weighted by atomic mass is 9.91. The average Bonchev–Trinajstić information content (AvgIpc) is 2.72. The fraction of sp³-hybridized carbons (Fsp3) is 0.0909. The number of benzene rings is 3. The van der Waals surface area contributed by atoms with E-state index in [1.807, 2.05) is 42.5 Å². The summed E-state index contributed by atoms with van der Waals surface area (Å²) in [4.78, 5) is 12.3. The zero-order chi connectivity index (χ0) is 20.3. The molecule has 0 aromatic heterocycles. The number of methoxy groups -OCH3 is 1. The molecule has 1 heterocycles. The molecule has 2 aromatic rings. The SMILES string of the molecule is CCl.COC(=O)c1ccccc1-c1c2ccc(=[NH2+])cc-2oc2cc(N)ccc12. The van der Waals surface area contributed by atoms with Crippen molar-refractivity contribution in [3.8, 4) is 22.5 Å². The van der Waals surface area contributed by atoms with E-state index in [4.69, 9.17) is 20.3 Å². The van der Waals surface area contributed by atoms with Crippen LogP contribution in [-0.4, -0.2) is 19.5 Å². The highest BCUT2D eigenvalue weighted by Crippen LogP contribution is 2.41. The largest absolute Gasteiger partial charge is 0.465 e. The summed E-state index contributed by atoms with van der Waals surface area (Å²) in [7, 11) is 1.37. The minimum absolute atomic E-state index is 0.395. The Bertz CT molecular complexity index is 1180. The molecule has 4 N–H and O–H groups in total. The van der Waals surface area contributed by atoms with E-state index in [-0.39, 0.29) is 0 Å². The van der Waals surface area contributed by atoms with E-state index in [0.717, 1.165) is 22.1 Å². The van der Waals surface area contributed by atoms with Crippen LogP contribution in [0.1, 0.15) is 10.4 Å². The summed E-state index contributed by atoms with van der Waals surface area (Å²) in [5, 5.41) is 7.38. The van der Waals surface area contributed by atoms with Gasteiger partial charge in [-0.2, -0.15) is 0 Å². The minimum Gasteiger partial charge on any atom is -0.465 e. The lowest BCUT2D eigenvalue weighted by molar-refractivity contribution is -0.172. The summed E-state index contributed by atoms with van der Waals surface area (Å²) < 4.78 is 11.0. The summed E-state index contributed by atoms with van der Waals surface area (Å²) in [6, 6.07) is 18.3. The van der Waals surface area contributed by atoms with E-state index in [9.17, 15) is 4.79 Å². The number of esters is 1. The third kappa shape index (κ3) is 3.44. The van der Waals surface area contributed by atoms with E-state index >= 15 is 0 Å². The molecule has 0 spiro atoms. The van der Waals surface area contributed by atoms with Crippen LogP contribution in [0, 0.1) is 0 Å². The van der Waals surface area contributed by atoms with Crippen molar-refractivity contribution < 1.29 is 19.4 Å². The van der Waals surface area contributed by atoms with Crippen LogP contribution >= 0.6 is 11.6 Å². The maximum absolute atomic E-state index is 12.3. The number of nitrogen functional groups attached to an aromatic ring is 1. The van der Waals surface area contributed by atoms with Gasteiger partial charge < -0.3 is 14.9 Å². The first kappa shape index (κ1) is 19.5. The Morgan fingerprint density at radius 3 is 2.54 bits per heavy atom. The van der Waals surface area contributed by atoms with E-state index in [1.54, 1.807) is 18.2 Å². The van der Waals surface area contributed by atoms with Crippen molar-refractivity contribution in [2.24, 2.45) is 0 Å².